The predicted molar refractivity (Wildman–Crippen MR) is 60.3 cm³/mol. The van der Waals surface area contributed by atoms with E-state index >= 15 is 0 Å². The normalized spacial score (nSPS) is 10.8. The van der Waals surface area contributed by atoms with Gasteiger partial charge in [-0.15, -0.1) is 0 Å². The summed E-state index contributed by atoms with van der Waals surface area (Å²) in [6, 6.07) is 1.42. The number of H-pyrrole nitrogens is 1. The Hall–Kier alpha value is -1.82. The number of benzene rings is 1. The minimum Gasteiger partial charge on any atom is -0.349 e. The molecule has 2 rings (SSSR count). The van der Waals surface area contributed by atoms with Gasteiger partial charge in [-0.05, 0) is 6.07 Å². The second-order valence-electron chi connectivity index (χ2n) is 3.82. The first-order valence-electron chi connectivity index (χ1n) is 5.49. The SMILES string of the molecule is Fc1cc(F)c(CNCCc2ncc[nH]2)cc1F. The number of halogens is 3. The lowest BCUT2D eigenvalue weighted by Crippen LogP contribution is -2.18. The van der Waals surface area contributed by atoms with E-state index in [2.05, 4.69) is 15.3 Å². The van der Waals surface area contributed by atoms with Gasteiger partial charge in [-0.1, -0.05) is 0 Å². The molecule has 0 fully saturated rings. The monoisotopic (exact) mass is 255 g/mol. The Morgan fingerprint density at radius 3 is 2.61 bits per heavy atom. The number of imidazole rings is 1. The number of rotatable bonds is 5. The highest BCUT2D eigenvalue weighted by atomic mass is 19.2. The van der Waals surface area contributed by atoms with E-state index in [9.17, 15) is 13.2 Å². The fourth-order valence-electron chi connectivity index (χ4n) is 1.56. The molecule has 1 aromatic heterocycles. The zero-order valence-corrected chi connectivity index (χ0v) is 9.51. The summed E-state index contributed by atoms with van der Waals surface area (Å²) in [5, 5.41) is 2.94. The van der Waals surface area contributed by atoms with Gasteiger partial charge >= 0.3 is 0 Å². The highest BCUT2D eigenvalue weighted by Gasteiger charge is 2.09. The van der Waals surface area contributed by atoms with Gasteiger partial charge < -0.3 is 10.3 Å². The Labute approximate surface area is 102 Å². The number of nitrogens with zero attached hydrogens (tertiary/aromatic N) is 1. The van der Waals surface area contributed by atoms with E-state index in [1.54, 1.807) is 12.4 Å². The van der Waals surface area contributed by atoms with Crippen molar-refractivity contribution in [2.75, 3.05) is 6.54 Å². The molecule has 2 N–H and O–H groups in total. The molecule has 0 atom stereocenters. The quantitative estimate of drug-likeness (QED) is 0.635. The highest BCUT2D eigenvalue weighted by molar-refractivity contribution is 5.19. The van der Waals surface area contributed by atoms with E-state index in [1.807, 2.05) is 0 Å². The smallest absolute Gasteiger partial charge is 0.161 e. The Balaban J connectivity index is 1.85. The third-order valence-electron chi connectivity index (χ3n) is 2.50. The second kappa shape index (κ2) is 5.68. The van der Waals surface area contributed by atoms with Crippen LogP contribution < -0.4 is 5.32 Å². The minimum absolute atomic E-state index is 0.105. The van der Waals surface area contributed by atoms with Gasteiger partial charge in [-0.2, -0.15) is 0 Å². The van der Waals surface area contributed by atoms with Gasteiger partial charge in [0.2, 0.25) is 0 Å². The number of nitrogens with one attached hydrogen (secondary N) is 2. The lowest BCUT2D eigenvalue weighted by molar-refractivity contribution is 0.487. The molecule has 1 heterocycles. The van der Waals surface area contributed by atoms with Gasteiger partial charge in [0.15, 0.2) is 11.6 Å². The van der Waals surface area contributed by atoms with Crippen LogP contribution in [0.25, 0.3) is 0 Å². The van der Waals surface area contributed by atoms with Crippen molar-refractivity contribution in [1.29, 1.82) is 0 Å². The Morgan fingerprint density at radius 1 is 1.11 bits per heavy atom. The van der Waals surface area contributed by atoms with Gasteiger partial charge in [-0.25, -0.2) is 18.2 Å². The van der Waals surface area contributed by atoms with Crippen LogP contribution in [-0.2, 0) is 13.0 Å². The summed E-state index contributed by atoms with van der Waals surface area (Å²) in [5.74, 6) is -2.15. The van der Waals surface area contributed by atoms with Crippen LogP contribution in [0, 0.1) is 17.5 Å². The summed E-state index contributed by atoms with van der Waals surface area (Å²) in [7, 11) is 0. The molecule has 6 heteroatoms. The average Bonchev–Trinajstić information content (AvgIpc) is 2.84. The molecule has 0 amide bonds. The molecule has 1 aromatic carbocycles. The molecule has 2 aromatic rings. The average molecular weight is 255 g/mol. The molecule has 0 aliphatic heterocycles. The Bertz CT molecular complexity index is 512. The summed E-state index contributed by atoms with van der Waals surface area (Å²) < 4.78 is 38.9. The number of aromatic nitrogens is 2. The fraction of sp³-hybridized carbons (Fsp3) is 0.250. The van der Waals surface area contributed by atoms with E-state index in [4.69, 9.17) is 0 Å². The standard InChI is InChI=1S/C12H12F3N3/c13-9-6-11(15)10(14)5-8(9)7-16-2-1-12-17-3-4-18-12/h3-6,16H,1-2,7H2,(H,17,18). The van der Waals surface area contributed by atoms with Crippen molar-refractivity contribution >= 4 is 0 Å². The lowest BCUT2D eigenvalue weighted by atomic mass is 10.2. The lowest BCUT2D eigenvalue weighted by Gasteiger charge is -2.06. The third kappa shape index (κ3) is 3.10. The molecule has 0 saturated carbocycles. The Morgan fingerprint density at radius 2 is 1.89 bits per heavy atom. The van der Waals surface area contributed by atoms with Gasteiger partial charge in [0.05, 0.1) is 0 Å². The first-order chi connectivity index (χ1) is 8.66. The van der Waals surface area contributed by atoms with E-state index in [0.717, 1.165) is 11.9 Å². The van der Waals surface area contributed by atoms with Crippen LogP contribution >= 0.6 is 0 Å². The van der Waals surface area contributed by atoms with Crippen LogP contribution in [0.5, 0.6) is 0 Å². The minimum atomic E-state index is -1.17. The maximum Gasteiger partial charge on any atom is 0.161 e. The van der Waals surface area contributed by atoms with Crippen LogP contribution in [0.1, 0.15) is 11.4 Å². The number of aromatic amines is 1. The van der Waals surface area contributed by atoms with E-state index < -0.39 is 17.5 Å². The van der Waals surface area contributed by atoms with Crippen molar-refractivity contribution in [2.24, 2.45) is 0 Å². The van der Waals surface area contributed by atoms with E-state index in [-0.39, 0.29) is 12.1 Å². The van der Waals surface area contributed by atoms with Crippen LogP contribution in [-0.4, -0.2) is 16.5 Å². The number of hydrogen-bond acceptors (Lipinski definition) is 2. The van der Waals surface area contributed by atoms with Crippen molar-refractivity contribution in [3.63, 3.8) is 0 Å². The third-order valence-corrected chi connectivity index (χ3v) is 2.50. The number of hydrogen-bond donors (Lipinski definition) is 2. The zero-order chi connectivity index (χ0) is 13.0. The second-order valence-corrected chi connectivity index (χ2v) is 3.82. The molecule has 18 heavy (non-hydrogen) atoms. The fourth-order valence-corrected chi connectivity index (χ4v) is 1.56. The van der Waals surface area contributed by atoms with Crippen molar-refractivity contribution in [3.05, 3.63) is 53.4 Å². The molecule has 3 nitrogen and oxygen atoms in total. The topological polar surface area (TPSA) is 40.7 Å². The van der Waals surface area contributed by atoms with Crippen LogP contribution in [0.15, 0.2) is 24.5 Å². The summed E-state index contributed by atoms with van der Waals surface area (Å²) in [6.07, 6.45) is 4.01. The predicted octanol–water partition coefficient (Wildman–Crippen LogP) is 2.16. The van der Waals surface area contributed by atoms with Crippen molar-refractivity contribution < 1.29 is 13.2 Å². The molecular formula is C12H12F3N3. The van der Waals surface area contributed by atoms with Crippen molar-refractivity contribution in [2.45, 2.75) is 13.0 Å². The molecule has 0 radical (unpaired) electrons. The maximum absolute atomic E-state index is 13.3. The largest absolute Gasteiger partial charge is 0.349 e. The first-order valence-corrected chi connectivity index (χ1v) is 5.49. The molecule has 0 unspecified atom stereocenters. The summed E-state index contributed by atoms with van der Waals surface area (Å²) in [5.41, 5.74) is 0.105. The van der Waals surface area contributed by atoms with Gasteiger partial charge in [-0.3, -0.25) is 0 Å². The molecule has 96 valence electrons. The van der Waals surface area contributed by atoms with Crippen LogP contribution in [0.2, 0.25) is 0 Å². The van der Waals surface area contributed by atoms with Crippen LogP contribution in [0.3, 0.4) is 0 Å². The van der Waals surface area contributed by atoms with E-state index in [1.165, 1.54) is 0 Å². The molecule has 0 saturated heterocycles. The maximum atomic E-state index is 13.3. The molecule has 0 spiro atoms. The van der Waals surface area contributed by atoms with Crippen molar-refractivity contribution in [3.8, 4) is 0 Å². The molecule has 0 bridgehead atoms. The van der Waals surface area contributed by atoms with Crippen molar-refractivity contribution in [1.82, 2.24) is 15.3 Å². The van der Waals surface area contributed by atoms with E-state index in [0.29, 0.717) is 19.0 Å². The zero-order valence-electron chi connectivity index (χ0n) is 9.51. The molecular weight excluding hydrogens is 243 g/mol. The summed E-state index contributed by atoms with van der Waals surface area (Å²) >= 11 is 0. The summed E-state index contributed by atoms with van der Waals surface area (Å²) in [4.78, 5) is 6.95. The summed E-state index contributed by atoms with van der Waals surface area (Å²) in [6.45, 7) is 0.704. The molecule has 0 aliphatic carbocycles. The van der Waals surface area contributed by atoms with Crippen LogP contribution in [0.4, 0.5) is 13.2 Å². The molecule has 0 aliphatic rings. The Kier molecular flexibility index (Phi) is 3.99. The van der Waals surface area contributed by atoms with Gasteiger partial charge in [0.25, 0.3) is 0 Å². The van der Waals surface area contributed by atoms with Gasteiger partial charge in [0.1, 0.15) is 11.6 Å². The highest BCUT2D eigenvalue weighted by Crippen LogP contribution is 2.13. The first kappa shape index (κ1) is 12.6. The van der Waals surface area contributed by atoms with Gasteiger partial charge in [0, 0.05) is 43.5 Å².